The van der Waals surface area contributed by atoms with Crippen molar-refractivity contribution >= 4 is 28.3 Å². The van der Waals surface area contributed by atoms with E-state index < -0.39 is 0 Å². The van der Waals surface area contributed by atoms with Gasteiger partial charge in [0.2, 0.25) is 0 Å². The van der Waals surface area contributed by atoms with E-state index in [9.17, 15) is 4.39 Å². The molecule has 68 valence electrons. The van der Waals surface area contributed by atoms with Crippen molar-refractivity contribution in [3.8, 4) is 0 Å². The molecule has 0 saturated carbocycles. The summed E-state index contributed by atoms with van der Waals surface area (Å²) in [5, 5.41) is 0. The van der Waals surface area contributed by atoms with E-state index in [0.29, 0.717) is 10.2 Å². The SMILES string of the molecule is C[C@H](N)c1ncc(Br)cc1F.Cl. The standard InChI is InChI=1S/C7H8BrFN2.ClH/c1-4(10)7-6(9)2-5(8)3-11-7;/h2-4H,10H2,1H3;1H/t4-;/m0./s1. The van der Waals surface area contributed by atoms with Gasteiger partial charge in [-0.05, 0) is 28.9 Å². The number of halogens is 3. The fourth-order valence-corrected chi connectivity index (χ4v) is 1.06. The molecule has 0 aromatic carbocycles. The Morgan fingerprint density at radius 2 is 2.25 bits per heavy atom. The molecule has 0 amide bonds. The molecule has 2 nitrogen and oxygen atoms in total. The maximum atomic E-state index is 12.9. The fourth-order valence-electron chi connectivity index (χ4n) is 0.760. The van der Waals surface area contributed by atoms with Crippen molar-refractivity contribution in [2.45, 2.75) is 13.0 Å². The summed E-state index contributed by atoms with van der Waals surface area (Å²) in [5.41, 5.74) is 5.75. The lowest BCUT2D eigenvalue weighted by Crippen LogP contribution is -2.09. The van der Waals surface area contributed by atoms with Crippen LogP contribution in [0.4, 0.5) is 4.39 Å². The molecule has 0 fully saturated rings. The third-order valence-electron chi connectivity index (χ3n) is 1.27. The van der Waals surface area contributed by atoms with Gasteiger partial charge in [-0.3, -0.25) is 4.98 Å². The van der Waals surface area contributed by atoms with Crippen LogP contribution in [-0.4, -0.2) is 4.98 Å². The topological polar surface area (TPSA) is 38.9 Å². The zero-order valence-electron chi connectivity index (χ0n) is 6.42. The first kappa shape index (κ1) is 11.8. The van der Waals surface area contributed by atoms with E-state index in [-0.39, 0.29) is 24.3 Å². The third-order valence-corrected chi connectivity index (χ3v) is 1.70. The van der Waals surface area contributed by atoms with Crippen molar-refractivity contribution in [1.82, 2.24) is 4.98 Å². The van der Waals surface area contributed by atoms with Crippen LogP contribution in [0.15, 0.2) is 16.7 Å². The third kappa shape index (κ3) is 2.69. The van der Waals surface area contributed by atoms with Crippen LogP contribution in [0.25, 0.3) is 0 Å². The Bertz CT molecular complexity index is 268. The van der Waals surface area contributed by atoms with Gasteiger partial charge in [0.15, 0.2) is 0 Å². The van der Waals surface area contributed by atoms with Crippen LogP contribution >= 0.6 is 28.3 Å². The van der Waals surface area contributed by atoms with E-state index in [1.165, 1.54) is 12.3 Å². The van der Waals surface area contributed by atoms with Gasteiger partial charge < -0.3 is 5.73 Å². The highest BCUT2D eigenvalue weighted by Gasteiger charge is 2.07. The molecule has 0 unspecified atom stereocenters. The van der Waals surface area contributed by atoms with Gasteiger partial charge in [-0.2, -0.15) is 0 Å². The summed E-state index contributed by atoms with van der Waals surface area (Å²) in [6.07, 6.45) is 1.53. The highest BCUT2D eigenvalue weighted by Crippen LogP contribution is 2.15. The molecule has 0 aliphatic rings. The van der Waals surface area contributed by atoms with Crippen LogP contribution in [0, 0.1) is 5.82 Å². The smallest absolute Gasteiger partial charge is 0.147 e. The molecule has 0 aliphatic heterocycles. The van der Waals surface area contributed by atoms with Crippen LogP contribution in [0.3, 0.4) is 0 Å². The van der Waals surface area contributed by atoms with Gasteiger partial charge in [0.25, 0.3) is 0 Å². The maximum Gasteiger partial charge on any atom is 0.147 e. The van der Waals surface area contributed by atoms with Crippen LogP contribution in [0.2, 0.25) is 0 Å². The average Bonchev–Trinajstić information content (AvgIpc) is 1.85. The minimum Gasteiger partial charge on any atom is -0.323 e. The average molecular weight is 256 g/mol. The highest BCUT2D eigenvalue weighted by atomic mass is 79.9. The van der Waals surface area contributed by atoms with Crippen molar-refractivity contribution in [1.29, 1.82) is 0 Å². The Labute approximate surface area is 84.9 Å². The summed E-state index contributed by atoms with van der Waals surface area (Å²) in [5.74, 6) is -0.366. The minimum absolute atomic E-state index is 0. The number of hydrogen-bond acceptors (Lipinski definition) is 2. The molecule has 2 N–H and O–H groups in total. The van der Waals surface area contributed by atoms with E-state index in [4.69, 9.17) is 5.73 Å². The monoisotopic (exact) mass is 254 g/mol. The van der Waals surface area contributed by atoms with Crippen molar-refractivity contribution in [3.05, 3.63) is 28.2 Å². The van der Waals surface area contributed by atoms with Gasteiger partial charge in [-0.25, -0.2) is 4.39 Å². The number of nitrogens with two attached hydrogens (primary N) is 1. The van der Waals surface area contributed by atoms with Gasteiger partial charge in [0.05, 0.1) is 5.69 Å². The van der Waals surface area contributed by atoms with Crippen LogP contribution in [-0.2, 0) is 0 Å². The molecule has 0 saturated heterocycles. The van der Waals surface area contributed by atoms with Crippen molar-refractivity contribution in [2.24, 2.45) is 5.73 Å². The van der Waals surface area contributed by atoms with Crippen LogP contribution < -0.4 is 5.73 Å². The van der Waals surface area contributed by atoms with E-state index in [2.05, 4.69) is 20.9 Å². The number of nitrogens with zero attached hydrogens (tertiary/aromatic N) is 1. The molecule has 1 heterocycles. The Morgan fingerprint density at radius 3 is 2.67 bits per heavy atom. The van der Waals surface area contributed by atoms with Gasteiger partial charge in [-0.15, -0.1) is 12.4 Å². The van der Waals surface area contributed by atoms with Gasteiger partial charge >= 0.3 is 0 Å². The molecule has 5 heteroatoms. The Kier molecular flexibility index (Phi) is 4.67. The molecular formula is C7H9BrClFN2. The van der Waals surface area contributed by atoms with Gasteiger partial charge in [-0.1, -0.05) is 0 Å². The summed E-state index contributed by atoms with van der Waals surface area (Å²) in [6.45, 7) is 1.69. The highest BCUT2D eigenvalue weighted by molar-refractivity contribution is 9.10. The number of pyridine rings is 1. The zero-order chi connectivity index (χ0) is 8.43. The first-order chi connectivity index (χ1) is 5.11. The first-order valence-corrected chi connectivity index (χ1v) is 3.97. The molecule has 1 aromatic heterocycles. The number of aromatic nitrogens is 1. The van der Waals surface area contributed by atoms with Gasteiger partial charge in [0.1, 0.15) is 5.82 Å². The Morgan fingerprint density at radius 1 is 1.67 bits per heavy atom. The molecule has 0 radical (unpaired) electrons. The van der Waals surface area contributed by atoms with Gasteiger partial charge in [0, 0.05) is 16.7 Å². The molecule has 12 heavy (non-hydrogen) atoms. The lowest BCUT2D eigenvalue weighted by molar-refractivity contribution is 0.578. The molecule has 1 aromatic rings. The van der Waals surface area contributed by atoms with Crippen molar-refractivity contribution in [2.75, 3.05) is 0 Å². The maximum absolute atomic E-state index is 12.9. The fraction of sp³-hybridized carbons (Fsp3) is 0.286. The number of rotatable bonds is 1. The zero-order valence-corrected chi connectivity index (χ0v) is 8.82. The van der Waals surface area contributed by atoms with E-state index in [0.717, 1.165) is 0 Å². The quantitative estimate of drug-likeness (QED) is 0.837. The normalized spacial score (nSPS) is 12.0. The molecule has 1 atom stereocenters. The molecule has 0 spiro atoms. The largest absolute Gasteiger partial charge is 0.323 e. The summed E-state index contributed by atoms with van der Waals surface area (Å²) in [7, 11) is 0. The van der Waals surface area contributed by atoms with E-state index in [1.807, 2.05) is 0 Å². The summed E-state index contributed by atoms with van der Waals surface area (Å²) >= 11 is 3.10. The lowest BCUT2D eigenvalue weighted by atomic mass is 10.2. The second-order valence-corrected chi connectivity index (χ2v) is 3.22. The first-order valence-electron chi connectivity index (χ1n) is 3.18. The second-order valence-electron chi connectivity index (χ2n) is 2.31. The second kappa shape index (κ2) is 4.74. The predicted octanol–water partition coefficient (Wildman–Crippen LogP) is 2.42. The summed E-state index contributed by atoms with van der Waals surface area (Å²) < 4.78 is 13.6. The minimum atomic E-state index is -0.366. The predicted molar refractivity (Wildman–Crippen MR) is 51.7 cm³/mol. The molecular weight excluding hydrogens is 246 g/mol. The van der Waals surface area contributed by atoms with E-state index in [1.54, 1.807) is 6.92 Å². The Hall–Kier alpha value is -0.190. The molecule has 0 bridgehead atoms. The summed E-state index contributed by atoms with van der Waals surface area (Å²) in [4.78, 5) is 3.83. The van der Waals surface area contributed by atoms with Crippen LogP contribution in [0.1, 0.15) is 18.7 Å². The molecule has 0 aliphatic carbocycles. The lowest BCUT2D eigenvalue weighted by Gasteiger charge is -2.04. The van der Waals surface area contributed by atoms with E-state index >= 15 is 0 Å². The number of hydrogen-bond donors (Lipinski definition) is 1. The van der Waals surface area contributed by atoms with Crippen molar-refractivity contribution < 1.29 is 4.39 Å². The molecule has 1 rings (SSSR count). The van der Waals surface area contributed by atoms with Crippen LogP contribution in [0.5, 0.6) is 0 Å². The Balaban J connectivity index is 0.00000121. The van der Waals surface area contributed by atoms with Crippen molar-refractivity contribution in [3.63, 3.8) is 0 Å². The summed E-state index contributed by atoms with van der Waals surface area (Å²) in [6, 6.07) is 0.995.